The number of hydrogen-bond acceptors (Lipinski definition) is 13. The molecule has 1 saturated heterocycles. The standard InChI is InChI=1S/C32H53N3O13/c1-4-5-6-7-8-9-23(39)33-14-19-10-12-20(13-11-19)15-35(46)32(2,3)18-34-30(45)27(43)26(42)29(21(38)16-36)48-31-28(44)25(41)24(40)22(17-37)47-31/h10-13,15,21-22,24-29,31,36-38,40-44H,4-9,14,16-18H2,1-3H3,(H,33,39)(H,34,45)/b35-15-/t21?,22?,24-,25-,26+,27?,28?,29-,31-/m0/s1. The number of aliphatic hydroxyl groups is 8. The fourth-order valence-electron chi connectivity index (χ4n) is 4.87. The van der Waals surface area contributed by atoms with Crippen LogP contribution in [0.15, 0.2) is 24.3 Å². The van der Waals surface area contributed by atoms with Crippen molar-refractivity contribution in [1.82, 2.24) is 10.6 Å². The molecule has 10 N–H and O–H groups in total. The Morgan fingerprint density at radius 2 is 1.65 bits per heavy atom. The lowest BCUT2D eigenvalue weighted by molar-refractivity contribution is -0.533. The second kappa shape index (κ2) is 20.0. The second-order valence-electron chi connectivity index (χ2n) is 12.7. The minimum absolute atomic E-state index is 0.0178. The third kappa shape index (κ3) is 12.3. The maximum Gasteiger partial charge on any atom is 0.251 e. The molecule has 1 fully saturated rings. The lowest BCUT2D eigenvalue weighted by Crippen LogP contribution is -2.62. The Hall–Kier alpha value is -2.77. The van der Waals surface area contributed by atoms with E-state index in [9.17, 15) is 55.6 Å². The van der Waals surface area contributed by atoms with Crippen molar-refractivity contribution in [2.75, 3.05) is 19.8 Å². The fraction of sp³-hybridized carbons (Fsp3) is 0.719. The number of rotatable bonds is 20. The molecule has 16 heteroatoms. The Bertz CT molecular complexity index is 1150. The van der Waals surface area contributed by atoms with E-state index in [-0.39, 0.29) is 12.5 Å². The highest BCUT2D eigenvalue weighted by atomic mass is 16.7. The van der Waals surface area contributed by atoms with E-state index < -0.39 is 79.8 Å². The van der Waals surface area contributed by atoms with Crippen molar-refractivity contribution in [3.8, 4) is 0 Å². The first-order valence-corrected chi connectivity index (χ1v) is 16.2. The van der Waals surface area contributed by atoms with Crippen molar-refractivity contribution in [3.05, 3.63) is 40.6 Å². The highest BCUT2D eigenvalue weighted by Gasteiger charge is 2.47. The van der Waals surface area contributed by atoms with Gasteiger partial charge in [0, 0.05) is 32.4 Å². The molecule has 9 atom stereocenters. The number of unbranched alkanes of at least 4 members (excludes halogenated alkanes) is 4. The summed E-state index contributed by atoms with van der Waals surface area (Å²) < 4.78 is 11.1. The number of nitrogens with one attached hydrogen (secondary N) is 2. The minimum atomic E-state index is -2.27. The highest BCUT2D eigenvalue weighted by molar-refractivity contribution is 5.81. The zero-order valence-electron chi connectivity index (χ0n) is 27.7. The number of aliphatic hydroxyl groups excluding tert-OH is 8. The molecule has 0 radical (unpaired) electrons. The summed E-state index contributed by atoms with van der Waals surface area (Å²) in [6.45, 7) is 3.41. The summed E-state index contributed by atoms with van der Waals surface area (Å²) in [6.07, 6.45) is -10.0. The average Bonchev–Trinajstić information content (AvgIpc) is 3.07. The zero-order valence-corrected chi connectivity index (χ0v) is 27.7. The van der Waals surface area contributed by atoms with E-state index in [0.29, 0.717) is 23.3 Å². The van der Waals surface area contributed by atoms with Crippen LogP contribution in [0.25, 0.3) is 0 Å². The number of ether oxygens (including phenoxy) is 2. The average molecular weight is 688 g/mol. The molecule has 4 unspecified atom stereocenters. The first kappa shape index (κ1) is 41.4. The second-order valence-corrected chi connectivity index (χ2v) is 12.7. The van der Waals surface area contributed by atoms with Gasteiger partial charge in [0.25, 0.3) is 5.91 Å². The van der Waals surface area contributed by atoms with Gasteiger partial charge in [-0.05, 0) is 24.1 Å². The van der Waals surface area contributed by atoms with E-state index in [1.165, 1.54) is 26.5 Å². The van der Waals surface area contributed by atoms with E-state index >= 15 is 0 Å². The van der Waals surface area contributed by atoms with Crippen LogP contribution in [0.3, 0.4) is 0 Å². The number of hydroxylamine groups is 1. The topological polar surface area (TPSA) is 265 Å². The molecular formula is C32H53N3O13. The highest BCUT2D eigenvalue weighted by Crippen LogP contribution is 2.25. The molecule has 1 aliphatic rings. The van der Waals surface area contributed by atoms with E-state index in [0.717, 1.165) is 31.2 Å². The molecule has 274 valence electrons. The van der Waals surface area contributed by atoms with Gasteiger partial charge < -0.3 is 66.2 Å². The smallest absolute Gasteiger partial charge is 0.251 e. The summed E-state index contributed by atoms with van der Waals surface area (Å²) in [5.41, 5.74) is 0.154. The SMILES string of the molecule is CCCCCCCC(=O)NCc1ccc(/C=[N+](\[O-])C(C)(C)CNC(=O)C(O)[C@@H](O)[C@@H](O[C@@H]2OC(CO)[C@H](O)[C@H](O)C2O)C(O)CO)cc1. The number of carbonyl (C=O) groups excluding carboxylic acids is 2. The van der Waals surface area contributed by atoms with Gasteiger partial charge in [0.2, 0.25) is 5.91 Å². The van der Waals surface area contributed by atoms with Crippen LogP contribution in [0.2, 0.25) is 0 Å². The van der Waals surface area contributed by atoms with E-state index in [1.807, 2.05) is 0 Å². The first-order valence-electron chi connectivity index (χ1n) is 16.2. The third-order valence-electron chi connectivity index (χ3n) is 8.17. The van der Waals surface area contributed by atoms with Gasteiger partial charge in [-0.1, -0.05) is 44.7 Å². The molecule has 0 aromatic heterocycles. The molecule has 0 saturated carbocycles. The predicted molar refractivity (Wildman–Crippen MR) is 171 cm³/mol. The van der Waals surface area contributed by atoms with E-state index in [1.54, 1.807) is 24.3 Å². The maximum absolute atomic E-state index is 13.0. The van der Waals surface area contributed by atoms with Crippen LogP contribution in [0.4, 0.5) is 0 Å². The Kier molecular flexibility index (Phi) is 17.3. The Labute approximate surface area is 280 Å². The van der Waals surface area contributed by atoms with Crippen molar-refractivity contribution < 1.29 is 64.7 Å². The molecule has 16 nitrogen and oxygen atoms in total. The van der Waals surface area contributed by atoms with Crippen LogP contribution in [-0.2, 0) is 25.6 Å². The molecule has 1 heterocycles. The van der Waals surface area contributed by atoms with Crippen molar-refractivity contribution in [1.29, 1.82) is 0 Å². The molecule has 1 aromatic rings. The monoisotopic (exact) mass is 687 g/mol. The predicted octanol–water partition coefficient (Wildman–Crippen LogP) is -2.25. The number of nitrogens with zero attached hydrogens (tertiary/aromatic N) is 1. The number of carbonyl (C=O) groups is 2. The molecule has 0 bridgehead atoms. The van der Waals surface area contributed by atoms with Crippen molar-refractivity contribution in [2.24, 2.45) is 0 Å². The van der Waals surface area contributed by atoms with Gasteiger partial charge in [-0.3, -0.25) is 9.59 Å². The first-order chi connectivity index (χ1) is 22.7. The molecular weight excluding hydrogens is 634 g/mol. The van der Waals surface area contributed by atoms with Crippen molar-refractivity contribution in [3.63, 3.8) is 0 Å². The summed E-state index contributed by atoms with van der Waals surface area (Å²) >= 11 is 0. The minimum Gasteiger partial charge on any atom is -0.623 e. The van der Waals surface area contributed by atoms with Gasteiger partial charge >= 0.3 is 0 Å². The van der Waals surface area contributed by atoms with Gasteiger partial charge in [0.15, 0.2) is 24.1 Å². The summed E-state index contributed by atoms with van der Waals surface area (Å²) in [4.78, 5) is 24.8. The van der Waals surface area contributed by atoms with Crippen LogP contribution in [0.1, 0.15) is 70.4 Å². The number of benzene rings is 1. The van der Waals surface area contributed by atoms with Crippen molar-refractivity contribution >= 4 is 18.0 Å². The molecule has 1 aromatic carbocycles. The normalized spacial score (nSPS) is 24.4. The Morgan fingerprint density at radius 3 is 2.25 bits per heavy atom. The van der Waals surface area contributed by atoms with Crippen LogP contribution in [0.5, 0.6) is 0 Å². The zero-order chi connectivity index (χ0) is 36.0. The lowest BCUT2D eigenvalue weighted by Gasteiger charge is -2.42. The summed E-state index contributed by atoms with van der Waals surface area (Å²) in [6, 6.07) is 6.95. The summed E-state index contributed by atoms with van der Waals surface area (Å²) in [7, 11) is 0. The van der Waals surface area contributed by atoms with Gasteiger partial charge in [-0.2, -0.15) is 0 Å². The summed E-state index contributed by atoms with van der Waals surface area (Å²) in [5.74, 6) is -1.18. The fourth-order valence-corrected chi connectivity index (χ4v) is 4.87. The van der Waals surface area contributed by atoms with E-state index in [4.69, 9.17) is 9.47 Å². The molecule has 1 aliphatic heterocycles. The molecule has 2 rings (SSSR count). The number of amides is 2. The van der Waals surface area contributed by atoms with Crippen LogP contribution < -0.4 is 10.6 Å². The van der Waals surface area contributed by atoms with Gasteiger partial charge in [-0.15, -0.1) is 0 Å². The molecule has 0 spiro atoms. The van der Waals surface area contributed by atoms with Gasteiger partial charge in [-0.25, -0.2) is 4.74 Å². The van der Waals surface area contributed by atoms with Crippen molar-refractivity contribution in [2.45, 2.75) is 127 Å². The number of hydrogen-bond donors (Lipinski definition) is 10. The summed E-state index contributed by atoms with van der Waals surface area (Å²) in [5, 5.41) is 98.6. The van der Waals surface area contributed by atoms with Crippen LogP contribution >= 0.6 is 0 Å². The van der Waals surface area contributed by atoms with Crippen LogP contribution in [0, 0.1) is 5.21 Å². The molecule has 48 heavy (non-hydrogen) atoms. The maximum atomic E-state index is 13.0. The third-order valence-corrected chi connectivity index (χ3v) is 8.17. The quantitative estimate of drug-likeness (QED) is 0.0229. The Balaban J connectivity index is 1.95. The molecule has 2 amide bonds. The molecule has 0 aliphatic carbocycles. The van der Waals surface area contributed by atoms with Gasteiger partial charge in [0.1, 0.15) is 42.7 Å². The van der Waals surface area contributed by atoms with Gasteiger partial charge in [0.05, 0.1) is 19.8 Å². The van der Waals surface area contributed by atoms with Crippen LogP contribution in [-0.4, -0.2) is 144 Å². The Morgan fingerprint density at radius 1 is 1.00 bits per heavy atom. The largest absolute Gasteiger partial charge is 0.623 e. The van der Waals surface area contributed by atoms with E-state index in [2.05, 4.69) is 17.6 Å². The lowest BCUT2D eigenvalue weighted by atomic mass is 9.98.